The summed E-state index contributed by atoms with van der Waals surface area (Å²) in [5.74, 6) is 1.01. The highest BCUT2D eigenvalue weighted by atomic mass is 16.5. The summed E-state index contributed by atoms with van der Waals surface area (Å²) < 4.78 is 10.4. The largest absolute Gasteiger partial charge is 0.496 e. The van der Waals surface area contributed by atoms with Crippen molar-refractivity contribution in [3.05, 3.63) is 53.5 Å². The van der Waals surface area contributed by atoms with Gasteiger partial charge in [0.25, 0.3) is 0 Å². The Morgan fingerprint density at radius 2 is 2.18 bits per heavy atom. The summed E-state index contributed by atoms with van der Waals surface area (Å²) in [6, 6.07) is 9.03. The molecule has 2 N–H and O–H groups in total. The zero-order chi connectivity index (χ0) is 16.2. The van der Waals surface area contributed by atoms with Crippen molar-refractivity contribution in [3.63, 3.8) is 0 Å². The fourth-order valence-corrected chi connectivity index (χ4v) is 2.17. The lowest BCUT2D eigenvalue weighted by atomic mass is 10.0. The zero-order valence-corrected chi connectivity index (χ0v) is 13.1. The van der Waals surface area contributed by atoms with Crippen molar-refractivity contribution in [3.8, 4) is 5.75 Å². The van der Waals surface area contributed by atoms with Gasteiger partial charge in [0.1, 0.15) is 17.1 Å². The van der Waals surface area contributed by atoms with Gasteiger partial charge < -0.3 is 19.6 Å². The molecule has 0 saturated carbocycles. The second-order valence-electron chi connectivity index (χ2n) is 5.51. The fourth-order valence-electron chi connectivity index (χ4n) is 2.17. The van der Waals surface area contributed by atoms with Gasteiger partial charge in [-0.25, -0.2) is 0 Å². The number of furan rings is 1. The Balaban J connectivity index is 1.93. The first kappa shape index (κ1) is 16.1. The highest BCUT2D eigenvalue weighted by molar-refractivity contribution is 5.78. The summed E-state index contributed by atoms with van der Waals surface area (Å²) in [6.45, 7) is 3.63. The number of carbonyl (C=O) groups excluding carboxylic acids is 1. The number of aryl methyl sites for hydroxylation is 1. The molecule has 0 saturated heterocycles. The van der Waals surface area contributed by atoms with Gasteiger partial charge in [-0.05, 0) is 43.2 Å². The van der Waals surface area contributed by atoms with Crippen LogP contribution in [0.5, 0.6) is 5.75 Å². The van der Waals surface area contributed by atoms with E-state index in [4.69, 9.17) is 9.15 Å². The Bertz CT molecular complexity index is 632. The molecule has 5 heteroatoms. The first-order chi connectivity index (χ1) is 10.4. The number of benzene rings is 1. The molecule has 1 atom stereocenters. The van der Waals surface area contributed by atoms with Gasteiger partial charge in [0, 0.05) is 0 Å². The van der Waals surface area contributed by atoms with Crippen LogP contribution in [0.2, 0.25) is 0 Å². The van der Waals surface area contributed by atoms with Gasteiger partial charge in [-0.3, -0.25) is 4.79 Å². The zero-order valence-electron chi connectivity index (χ0n) is 13.1. The number of nitrogens with one attached hydrogen (secondary N) is 1. The third-order valence-electron chi connectivity index (χ3n) is 3.52. The smallest absolute Gasteiger partial charge is 0.224 e. The van der Waals surface area contributed by atoms with Gasteiger partial charge in [-0.15, -0.1) is 0 Å². The number of methoxy groups -OCH3 is 1. The Labute approximate surface area is 129 Å². The van der Waals surface area contributed by atoms with Gasteiger partial charge in [0.15, 0.2) is 0 Å². The van der Waals surface area contributed by atoms with Crippen LogP contribution in [0.1, 0.15) is 23.8 Å². The third-order valence-corrected chi connectivity index (χ3v) is 3.52. The number of rotatable bonds is 6. The van der Waals surface area contributed by atoms with E-state index in [9.17, 15) is 9.90 Å². The summed E-state index contributed by atoms with van der Waals surface area (Å²) in [4.78, 5) is 12.0. The van der Waals surface area contributed by atoms with Crippen LogP contribution in [0, 0.1) is 6.92 Å². The van der Waals surface area contributed by atoms with Crippen LogP contribution in [0.4, 0.5) is 0 Å². The molecular weight excluding hydrogens is 282 g/mol. The average Bonchev–Trinajstić information content (AvgIpc) is 3.02. The normalized spacial score (nSPS) is 13.5. The lowest BCUT2D eigenvalue weighted by Gasteiger charge is -2.21. The van der Waals surface area contributed by atoms with Crippen LogP contribution in [-0.2, 0) is 16.8 Å². The van der Waals surface area contributed by atoms with Crippen molar-refractivity contribution in [1.82, 2.24) is 5.32 Å². The molecule has 0 bridgehead atoms. The van der Waals surface area contributed by atoms with Crippen molar-refractivity contribution in [2.75, 3.05) is 13.7 Å². The number of amides is 1. The van der Waals surface area contributed by atoms with Gasteiger partial charge in [0.05, 0.1) is 26.3 Å². The van der Waals surface area contributed by atoms with E-state index in [2.05, 4.69) is 5.32 Å². The van der Waals surface area contributed by atoms with E-state index < -0.39 is 5.60 Å². The molecule has 2 aromatic rings. The van der Waals surface area contributed by atoms with E-state index in [0.29, 0.717) is 5.76 Å². The number of hydrogen-bond donors (Lipinski definition) is 2. The van der Waals surface area contributed by atoms with E-state index in [1.165, 1.54) is 6.26 Å². The topological polar surface area (TPSA) is 71.7 Å². The Kier molecular flexibility index (Phi) is 4.88. The number of ether oxygens (including phenoxy) is 1. The molecule has 22 heavy (non-hydrogen) atoms. The van der Waals surface area contributed by atoms with Crippen molar-refractivity contribution in [2.24, 2.45) is 0 Å². The molecule has 1 unspecified atom stereocenters. The van der Waals surface area contributed by atoms with Crippen LogP contribution in [0.25, 0.3) is 0 Å². The molecule has 0 aliphatic heterocycles. The maximum atomic E-state index is 12.0. The fraction of sp³-hybridized carbons (Fsp3) is 0.353. The summed E-state index contributed by atoms with van der Waals surface area (Å²) in [5.41, 5.74) is 0.648. The average molecular weight is 303 g/mol. The first-order valence-corrected chi connectivity index (χ1v) is 7.09. The van der Waals surface area contributed by atoms with Crippen LogP contribution in [-0.4, -0.2) is 24.7 Å². The minimum Gasteiger partial charge on any atom is -0.496 e. The van der Waals surface area contributed by atoms with E-state index in [1.807, 2.05) is 25.1 Å². The van der Waals surface area contributed by atoms with E-state index >= 15 is 0 Å². The predicted octanol–water partition coefficient (Wildman–Crippen LogP) is 2.16. The molecule has 5 nitrogen and oxygen atoms in total. The first-order valence-electron chi connectivity index (χ1n) is 7.09. The highest BCUT2D eigenvalue weighted by Gasteiger charge is 2.26. The summed E-state index contributed by atoms with van der Waals surface area (Å²) in [7, 11) is 1.60. The minimum absolute atomic E-state index is 0.0857. The Hall–Kier alpha value is -2.27. The number of carbonyl (C=O) groups is 1. The molecule has 1 aromatic carbocycles. The van der Waals surface area contributed by atoms with Crippen LogP contribution >= 0.6 is 0 Å². The lowest BCUT2D eigenvalue weighted by Crippen LogP contribution is -2.39. The summed E-state index contributed by atoms with van der Waals surface area (Å²) in [5, 5.41) is 13.0. The Morgan fingerprint density at radius 3 is 2.82 bits per heavy atom. The van der Waals surface area contributed by atoms with Crippen LogP contribution < -0.4 is 10.1 Å². The van der Waals surface area contributed by atoms with Crippen molar-refractivity contribution in [1.29, 1.82) is 0 Å². The maximum absolute atomic E-state index is 12.0. The molecule has 1 amide bonds. The molecule has 0 spiro atoms. The number of hydrogen-bond acceptors (Lipinski definition) is 4. The summed E-state index contributed by atoms with van der Waals surface area (Å²) in [6.07, 6.45) is 1.72. The second-order valence-corrected chi connectivity index (χ2v) is 5.51. The van der Waals surface area contributed by atoms with Gasteiger partial charge in [-0.2, -0.15) is 0 Å². The molecule has 118 valence electrons. The minimum atomic E-state index is -1.23. The molecule has 1 heterocycles. The molecule has 0 fully saturated rings. The van der Waals surface area contributed by atoms with Crippen molar-refractivity contribution >= 4 is 5.91 Å². The van der Waals surface area contributed by atoms with E-state index in [1.54, 1.807) is 26.2 Å². The highest BCUT2D eigenvalue weighted by Crippen LogP contribution is 2.21. The molecular formula is C17H21NO4. The standard InChI is InChI=1S/C17H21NO4/c1-12-6-7-13(9-14(12)21-3)10-16(19)18-11-17(2,20)15-5-4-8-22-15/h4-9,20H,10-11H2,1-3H3,(H,18,19). The van der Waals surface area contributed by atoms with Crippen molar-refractivity contribution in [2.45, 2.75) is 25.9 Å². The third kappa shape index (κ3) is 3.89. The van der Waals surface area contributed by atoms with E-state index in [0.717, 1.165) is 16.9 Å². The molecule has 2 rings (SSSR count). The quantitative estimate of drug-likeness (QED) is 0.858. The number of aliphatic hydroxyl groups is 1. The van der Waals surface area contributed by atoms with Gasteiger partial charge in [0.2, 0.25) is 5.91 Å². The van der Waals surface area contributed by atoms with Gasteiger partial charge in [-0.1, -0.05) is 12.1 Å². The lowest BCUT2D eigenvalue weighted by molar-refractivity contribution is -0.121. The maximum Gasteiger partial charge on any atom is 0.224 e. The molecule has 0 aliphatic carbocycles. The van der Waals surface area contributed by atoms with E-state index in [-0.39, 0.29) is 18.9 Å². The molecule has 1 aromatic heterocycles. The monoisotopic (exact) mass is 303 g/mol. The molecule has 0 aliphatic rings. The van der Waals surface area contributed by atoms with Crippen LogP contribution in [0.3, 0.4) is 0 Å². The SMILES string of the molecule is COc1cc(CC(=O)NCC(C)(O)c2ccco2)ccc1C. The molecule has 0 radical (unpaired) electrons. The predicted molar refractivity (Wildman–Crippen MR) is 82.7 cm³/mol. The van der Waals surface area contributed by atoms with Crippen LogP contribution in [0.15, 0.2) is 41.0 Å². The second kappa shape index (κ2) is 6.66. The Morgan fingerprint density at radius 1 is 1.41 bits per heavy atom. The van der Waals surface area contributed by atoms with Crippen molar-refractivity contribution < 1.29 is 19.1 Å². The summed E-state index contributed by atoms with van der Waals surface area (Å²) >= 11 is 0. The van der Waals surface area contributed by atoms with Gasteiger partial charge >= 0.3 is 0 Å².